The van der Waals surface area contributed by atoms with Crippen LogP contribution in [0, 0.1) is 0 Å². The number of ether oxygens (including phenoxy) is 1. The van der Waals surface area contributed by atoms with E-state index in [4.69, 9.17) is 4.74 Å². The van der Waals surface area contributed by atoms with E-state index in [1.54, 1.807) is 6.07 Å². The van der Waals surface area contributed by atoms with Crippen molar-refractivity contribution >= 4 is 29.9 Å². The second kappa shape index (κ2) is 10.3. The lowest BCUT2D eigenvalue weighted by atomic mass is 10.0. The first-order valence-corrected chi connectivity index (χ1v) is 16.9. The number of carbonyl (C=O) groups excluding carboxylic acids is 1. The van der Waals surface area contributed by atoms with Crippen molar-refractivity contribution in [3.63, 3.8) is 0 Å². The third kappa shape index (κ3) is 6.13. The zero-order valence-electron chi connectivity index (χ0n) is 20.5. The first-order chi connectivity index (χ1) is 16.6. The van der Waals surface area contributed by atoms with Gasteiger partial charge in [0.2, 0.25) is 0 Å². The zero-order chi connectivity index (χ0) is 25.1. The quantitative estimate of drug-likeness (QED) is 0.378. The van der Waals surface area contributed by atoms with E-state index >= 15 is 0 Å². The number of hydrogen-bond donors (Lipinski definition) is 0. The minimum Gasteiger partial charge on any atom is -0.487 e. The number of hydrogen-bond acceptors (Lipinski definition) is 4. The fourth-order valence-corrected chi connectivity index (χ4v) is 6.58. The van der Waals surface area contributed by atoms with Gasteiger partial charge in [-0.2, -0.15) is 8.42 Å². The van der Waals surface area contributed by atoms with E-state index in [9.17, 15) is 13.2 Å². The van der Waals surface area contributed by atoms with Gasteiger partial charge in [0.05, 0.1) is 5.69 Å². The predicted molar refractivity (Wildman–Crippen MR) is 143 cm³/mol. The van der Waals surface area contributed by atoms with Gasteiger partial charge in [-0.3, -0.25) is 4.79 Å². The van der Waals surface area contributed by atoms with E-state index in [1.165, 1.54) is 4.31 Å². The third-order valence-electron chi connectivity index (χ3n) is 5.96. The minimum absolute atomic E-state index is 0.215. The van der Waals surface area contributed by atoms with Gasteiger partial charge in [-0.15, -0.1) is 0 Å². The van der Waals surface area contributed by atoms with E-state index in [0.717, 1.165) is 27.0 Å². The Hall–Kier alpha value is -3.10. The van der Waals surface area contributed by atoms with Gasteiger partial charge in [-0.1, -0.05) is 86.4 Å². The summed E-state index contributed by atoms with van der Waals surface area (Å²) in [4.78, 5) is 12.8. The van der Waals surface area contributed by atoms with Crippen LogP contribution >= 0.6 is 0 Å². The molecule has 0 bridgehead atoms. The fourth-order valence-electron chi connectivity index (χ4n) is 3.97. The highest BCUT2D eigenvalue weighted by Gasteiger charge is 2.43. The molecular formula is C27H32N2O4SSi. The molecule has 0 radical (unpaired) electrons. The molecule has 0 saturated carbocycles. The average molecular weight is 509 g/mol. The molecule has 35 heavy (non-hydrogen) atoms. The summed E-state index contributed by atoms with van der Waals surface area (Å²) in [6.07, 6.45) is 0.691. The molecule has 1 fully saturated rings. The Morgan fingerprint density at radius 3 is 2.11 bits per heavy atom. The van der Waals surface area contributed by atoms with Crippen molar-refractivity contribution in [1.82, 2.24) is 4.31 Å². The third-order valence-corrected chi connectivity index (χ3v) is 9.51. The van der Waals surface area contributed by atoms with E-state index < -0.39 is 24.2 Å². The fraction of sp³-hybridized carbons (Fsp3) is 0.296. The molecule has 1 saturated heterocycles. The van der Waals surface area contributed by atoms with Crippen molar-refractivity contribution in [3.8, 4) is 5.75 Å². The maximum Gasteiger partial charge on any atom is 0.329 e. The van der Waals surface area contributed by atoms with Crippen molar-refractivity contribution in [1.29, 1.82) is 0 Å². The van der Waals surface area contributed by atoms with Crippen LogP contribution in [0.5, 0.6) is 5.75 Å². The summed E-state index contributed by atoms with van der Waals surface area (Å²) in [5, 5.41) is 0. The predicted octanol–water partition coefficient (Wildman–Crippen LogP) is 5.09. The Labute approximate surface area is 209 Å². The average Bonchev–Trinajstić information content (AvgIpc) is 3.05. The van der Waals surface area contributed by atoms with Gasteiger partial charge < -0.3 is 4.74 Å². The summed E-state index contributed by atoms with van der Waals surface area (Å²) < 4.78 is 35.2. The van der Waals surface area contributed by atoms with Crippen LogP contribution in [-0.2, 0) is 28.0 Å². The molecule has 0 N–H and O–H groups in total. The highest BCUT2D eigenvalue weighted by atomic mass is 32.2. The Morgan fingerprint density at radius 1 is 0.857 bits per heavy atom. The monoisotopic (exact) mass is 508 g/mol. The van der Waals surface area contributed by atoms with Crippen molar-refractivity contribution in [2.45, 2.75) is 38.7 Å². The number of rotatable bonds is 9. The number of benzene rings is 3. The molecule has 8 heteroatoms. The molecule has 0 aliphatic carbocycles. The maximum atomic E-state index is 13.4. The van der Waals surface area contributed by atoms with E-state index in [-0.39, 0.29) is 13.1 Å². The van der Waals surface area contributed by atoms with E-state index in [1.807, 2.05) is 60.7 Å². The molecule has 1 amide bonds. The Kier molecular flexibility index (Phi) is 7.33. The van der Waals surface area contributed by atoms with Crippen LogP contribution in [0.15, 0.2) is 78.9 Å². The Bertz CT molecular complexity index is 1280. The molecule has 0 aromatic heterocycles. The van der Waals surface area contributed by atoms with Gasteiger partial charge in [0.15, 0.2) is 0 Å². The number of anilines is 1. The van der Waals surface area contributed by atoms with Crippen molar-refractivity contribution < 1.29 is 17.9 Å². The van der Waals surface area contributed by atoms with Crippen LogP contribution in [0.4, 0.5) is 5.69 Å². The van der Waals surface area contributed by atoms with E-state index in [2.05, 4.69) is 31.8 Å². The second-order valence-electron chi connectivity index (χ2n) is 10.0. The summed E-state index contributed by atoms with van der Waals surface area (Å²) in [5.74, 6) is 0.0522. The maximum absolute atomic E-state index is 13.4. The van der Waals surface area contributed by atoms with Crippen LogP contribution in [0.25, 0.3) is 0 Å². The largest absolute Gasteiger partial charge is 0.487 e. The standard InChI is InChI=1S/C27H32N2O4SSi/c1-35(2,3)17-16-28-27(30)20-29(34(28,31)32)25-15-14-24(18-22-10-6-4-7-11-22)19-26(25)33-21-23-12-8-5-9-13-23/h4-15,19H,16-18,20-21H2,1-3H3. The second-order valence-corrected chi connectivity index (χ2v) is 17.4. The lowest BCUT2D eigenvalue weighted by Gasteiger charge is -2.24. The topological polar surface area (TPSA) is 66.9 Å². The highest BCUT2D eigenvalue weighted by molar-refractivity contribution is 7.91. The van der Waals surface area contributed by atoms with Gasteiger partial charge in [0.25, 0.3) is 5.91 Å². The summed E-state index contributed by atoms with van der Waals surface area (Å²) in [6.45, 7) is 6.80. The molecular weight excluding hydrogens is 476 g/mol. The van der Waals surface area contributed by atoms with Gasteiger partial charge in [-0.05, 0) is 41.3 Å². The number of amides is 1. The number of carbonyl (C=O) groups is 1. The molecule has 4 rings (SSSR count). The molecule has 0 atom stereocenters. The lowest BCUT2D eigenvalue weighted by Crippen LogP contribution is -2.37. The van der Waals surface area contributed by atoms with Crippen molar-refractivity contribution in [2.24, 2.45) is 0 Å². The number of nitrogens with zero attached hydrogens (tertiary/aromatic N) is 2. The molecule has 0 unspecified atom stereocenters. The smallest absolute Gasteiger partial charge is 0.329 e. The normalized spacial score (nSPS) is 15.5. The lowest BCUT2D eigenvalue weighted by molar-refractivity contribution is -0.123. The van der Waals surface area contributed by atoms with Crippen LogP contribution in [0.2, 0.25) is 25.7 Å². The summed E-state index contributed by atoms with van der Waals surface area (Å²) in [7, 11) is -5.50. The van der Waals surface area contributed by atoms with Gasteiger partial charge >= 0.3 is 10.2 Å². The van der Waals surface area contributed by atoms with Crippen molar-refractivity contribution in [2.75, 3.05) is 17.4 Å². The van der Waals surface area contributed by atoms with Gasteiger partial charge in [0.1, 0.15) is 18.9 Å². The van der Waals surface area contributed by atoms with Crippen LogP contribution in [-0.4, -0.2) is 39.8 Å². The van der Waals surface area contributed by atoms with Crippen LogP contribution in [0.3, 0.4) is 0 Å². The Balaban J connectivity index is 1.65. The highest BCUT2D eigenvalue weighted by Crippen LogP contribution is 2.36. The summed E-state index contributed by atoms with van der Waals surface area (Å²) in [6, 6.07) is 26.1. The molecule has 3 aromatic rings. The molecule has 1 aliphatic heterocycles. The molecule has 1 aliphatic rings. The molecule has 6 nitrogen and oxygen atoms in total. The van der Waals surface area contributed by atoms with Gasteiger partial charge in [0, 0.05) is 14.6 Å². The Morgan fingerprint density at radius 2 is 1.49 bits per heavy atom. The molecule has 3 aromatic carbocycles. The first-order valence-electron chi connectivity index (χ1n) is 11.8. The summed E-state index contributed by atoms with van der Waals surface area (Å²) in [5.41, 5.74) is 3.52. The summed E-state index contributed by atoms with van der Waals surface area (Å²) >= 11 is 0. The molecule has 1 heterocycles. The molecule has 0 spiro atoms. The first kappa shape index (κ1) is 25.0. The van der Waals surface area contributed by atoms with Crippen molar-refractivity contribution in [3.05, 3.63) is 95.6 Å². The van der Waals surface area contributed by atoms with Crippen LogP contribution in [0.1, 0.15) is 16.7 Å². The minimum atomic E-state index is -3.97. The SMILES string of the molecule is C[Si](C)(C)CCN1C(=O)CN(c2ccc(Cc3ccccc3)cc2OCc2ccccc2)S1(=O)=O. The molecule has 184 valence electrons. The van der Waals surface area contributed by atoms with Gasteiger partial charge in [-0.25, -0.2) is 8.61 Å². The zero-order valence-corrected chi connectivity index (χ0v) is 22.3. The van der Waals surface area contributed by atoms with E-state index in [0.29, 0.717) is 24.5 Å². The van der Waals surface area contributed by atoms with Crippen LogP contribution < -0.4 is 9.04 Å².